The number of carbonyl (C=O) groups excluding carboxylic acids is 1. The predicted molar refractivity (Wildman–Crippen MR) is 74.5 cm³/mol. The number of aromatic nitrogens is 1. The lowest BCUT2D eigenvalue weighted by molar-refractivity contribution is -0.117. The number of nitrogens with one attached hydrogen (secondary N) is 2. The Labute approximate surface area is 117 Å². The highest BCUT2D eigenvalue weighted by Gasteiger charge is 2.13. The van der Waals surface area contributed by atoms with Crippen molar-refractivity contribution in [3.8, 4) is 0 Å². The lowest BCUT2D eigenvalue weighted by Crippen LogP contribution is -2.46. The van der Waals surface area contributed by atoms with Crippen molar-refractivity contribution in [1.29, 1.82) is 0 Å². The van der Waals surface area contributed by atoms with Gasteiger partial charge in [-0.2, -0.15) is 0 Å². The highest BCUT2D eigenvalue weighted by atomic mass is 35.5. The van der Waals surface area contributed by atoms with Gasteiger partial charge in [0.25, 0.3) is 0 Å². The second kappa shape index (κ2) is 8.66. The van der Waals surface area contributed by atoms with E-state index in [2.05, 4.69) is 20.5 Å². The summed E-state index contributed by atoms with van der Waals surface area (Å²) in [6.07, 6.45) is 1.69. The maximum atomic E-state index is 11.6. The first-order chi connectivity index (χ1) is 7.34. The molecule has 0 bridgehead atoms. The van der Waals surface area contributed by atoms with Gasteiger partial charge in [-0.1, -0.05) is 0 Å². The second-order valence-electron chi connectivity index (χ2n) is 3.41. The zero-order valence-electron chi connectivity index (χ0n) is 9.22. The summed E-state index contributed by atoms with van der Waals surface area (Å²) >= 11 is 1.44. The summed E-state index contributed by atoms with van der Waals surface area (Å²) in [6.45, 7) is 4.26. The summed E-state index contributed by atoms with van der Waals surface area (Å²) in [5.41, 5.74) is 0. The third-order valence-electron chi connectivity index (χ3n) is 2.26. The van der Waals surface area contributed by atoms with Crippen molar-refractivity contribution in [2.75, 3.05) is 38.0 Å². The second-order valence-corrected chi connectivity index (χ2v) is 4.31. The Kier molecular flexibility index (Phi) is 8.45. The Bertz CT molecular complexity index is 317. The Morgan fingerprint density at radius 2 is 2.18 bits per heavy atom. The van der Waals surface area contributed by atoms with Crippen LogP contribution in [0.15, 0.2) is 11.6 Å². The molecule has 0 spiro atoms. The summed E-state index contributed by atoms with van der Waals surface area (Å²) in [7, 11) is 0. The summed E-state index contributed by atoms with van der Waals surface area (Å²) in [5.74, 6) is 0.0202. The number of thiazole rings is 1. The predicted octanol–water partition coefficient (Wildman–Crippen LogP) is 0.830. The van der Waals surface area contributed by atoms with Gasteiger partial charge in [-0.05, 0) is 0 Å². The van der Waals surface area contributed by atoms with Gasteiger partial charge in [0, 0.05) is 37.8 Å². The maximum absolute atomic E-state index is 11.6. The first-order valence-corrected chi connectivity index (χ1v) is 5.85. The third kappa shape index (κ3) is 5.65. The lowest BCUT2D eigenvalue weighted by atomic mass is 10.3. The number of hydrogen-bond donors (Lipinski definition) is 2. The monoisotopic (exact) mass is 298 g/mol. The average Bonchev–Trinajstić information content (AvgIpc) is 2.71. The Morgan fingerprint density at radius 1 is 1.47 bits per heavy atom. The molecule has 2 N–H and O–H groups in total. The van der Waals surface area contributed by atoms with Gasteiger partial charge in [-0.25, -0.2) is 4.98 Å². The van der Waals surface area contributed by atoms with Gasteiger partial charge in [0.1, 0.15) is 0 Å². The first kappa shape index (κ1) is 16.6. The molecule has 8 heteroatoms. The maximum Gasteiger partial charge on any atom is 0.240 e. The fourth-order valence-electron chi connectivity index (χ4n) is 1.52. The van der Waals surface area contributed by atoms with E-state index in [1.54, 1.807) is 6.20 Å². The van der Waals surface area contributed by atoms with Crippen molar-refractivity contribution >= 4 is 47.2 Å². The lowest BCUT2D eigenvalue weighted by Gasteiger charge is -2.26. The molecule has 0 saturated carbocycles. The molecule has 1 aromatic rings. The molecule has 0 aromatic carbocycles. The molecule has 1 aromatic heterocycles. The van der Waals surface area contributed by atoms with Crippen LogP contribution in [0.3, 0.4) is 0 Å². The van der Waals surface area contributed by atoms with E-state index in [-0.39, 0.29) is 30.7 Å². The molecular weight excluding hydrogens is 283 g/mol. The number of halogens is 2. The normalized spacial score (nSPS) is 15.5. The first-order valence-electron chi connectivity index (χ1n) is 4.97. The van der Waals surface area contributed by atoms with Crippen molar-refractivity contribution < 1.29 is 4.79 Å². The minimum atomic E-state index is 0. The smallest absolute Gasteiger partial charge is 0.240 e. The molecular formula is C9H16Cl2N4OS. The number of anilines is 1. The molecule has 17 heavy (non-hydrogen) atoms. The quantitative estimate of drug-likeness (QED) is 0.868. The number of rotatable bonds is 3. The molecule has 0 unspecified atom stereocenters. The van der Waals surface area contributed by atoms with Crippen LogP contribution in [0, 0.1) is 0 Å². The minimum absolute atomic E-state index is 0. The van der Waals surface area contributed by atoms with Crippen LogP contribution in [0.4, 0.5) is 5.13 Å². The van der Waals surface area contributed by atoms with Crippen molar-refractivity contribution in [2.45, 2.75) is 0 Å². The van der Waals surface area contributed by atoms with Crippen LogP contribution in [0.25, 0.3) is 0 Å². The van der Waals surface area contributed by atoms with Crippen molar-refractivity contribution in [2.24, 2.45) is 0 Å². The van der Waals surface area contributed by atoms with E-state index in [1.807, 2.05) is 5.38 Å². The number of carbonyl (C=O) groups is 1. The Morgan fingerprint density at radius 3 is 2.76 bits per heavy atom. The van der Waals surface area contributed by atoms with Gasteiger partial charge in [-0.3, -0.25) is 9.69 Å². The molecule has 2 heterocycles. The van der Waals surface area contributed by atoms with Crippen LogP contribution < -0.4 is 10.6 Å². The zero-order valence-corrected chi connectivity index (χ0v) is 11.7. The molecule has 0 atom stereocenters. The topological polar surface area (TPSA) is 57.3 Å². The molecule has 1 aliphatic rings. The van der Waals surface area contributed by atoms with Crippen LogP contribution in [-0.4, -0.2) is 48.5 Å². The van der Waals surface area contributed by atoms with E-state index in [1.165, 1.54) is 11.3 Å². The van der Waals surface area contributed by atoms with E-state index in [0.717, 1.165) is 26.2 Å². The number of nitrogens with zero attached hydrogens (tertiary/aromatic N) is 2. The molecule has 1 fully saturated rings. The molecule has 0 aliphatic carbocycles. The van der Waals surface area contributed by atoms with Crippen LogP contribution in [0.2, 0.25) is 0 Å². The van der Waals surface area contributed by atoms with Crippen LogP contribution in [0.5, 0.6) is 0 Å². The zero-order chi connectivity index (χ0) is 10.5. The third-order valence-corrected chi connectivity index (χ3v) is 2.94. The molecule has 1 amide bonds. The van der Waals surface area contributed by atoms with Gasteiger partial charge in [0.05, 0.1) is 6.54 Å². The molecule has 1 saturated heterocycles. The van der Waals surface area contributed by atoms with E-state index in [0.29, 0.717) is 11.7 Å². The van der Waals surface area contributed by atoms with Gasteiger partial charge < -0.3 is 10.6 Å². The molecule has 2 rings (SSSR count). The van der Waals surface area contributed by atoms with Crippen LogP contribution in [-0.2, 0) is 4.79 Å². The Balaban J connectivity index is 0.00000128. The number of piperazine rings is 1. The molecule has 98 valence electrons. The fourth-order valence-corrected chi connectivity index (χ4v) is 2.06. The van der Waals surface area contributed by atoms with Gasteiger partial charge in [0.15, 0.2) is 5.13 Å². The number of hydrogen-bond acceptors (Lipinski definition) is 5. The van der Waals surface area contributed by atoms with E-state index < -0.39 is 0 Å². The van der Waals surface area contributed by atoms with Crippen LogP contribution >= 0.6 is 36.2 Å². The van der Waals surface area contributed by atoms with Gasteiger partial charge >= 0.3 is 0 Å². The Hall–Kier alpha value is -0.400. The average molecular weight is 299 g/mol. The summed E-state index contributed by atoms with van der Waals surface area (Å²) in [6, 6.07) is 0. The summed E-state index contributed by atoms with van der Waals surface area (Å²) in [4.78, 5) is 17.7. The fraction of sp³-hybridized carbons (Fsp3) is 0.556. The van der Waals surface area contributed by atoms with E-state index >= 15 is 0 Å². The standard InChI is InChI=1S/C9H14N4OS.2ClH/c14-8(12-9-11-3-6-15-9)7-13-4-1-10-2-5-13;;/h3,6,10H,1-2,4-5,7H2,(H,11,12,14);2*1H. The minimum Gasteiger partial charge on any atom is -0.314 e. The van der Waals surface area contributed by atoms with Gasteiger partial charge in [-0.15, -0.1) is 36.2 Å². The van der Waals surface area contributed by atoms with Crippen molar-refractivity contribution in [1.82, 2.24) is 15.2 Å². The summed E-state index contributed by atoms with van der Waals surface area (Å²) in [5, 5.41) is 8.55. The van der Waals surface area contributed by atoms with Crippen molar-refractivity contribution in [3.63, 3.8) is 0 Å². The molecule has 0 radical (unpaired) electrons. The highest BCUT2D eigenvalue weighted by molar-refractivity contribution is 7.13. The molecule has 1 aliphatic heterocycles. The highest BCUT2D eigenvalue weighted by Crippen LogP contribution is 2.09. The van der Waals surface area contributed by atoms with Crippen molar-refractivity contribution in [3.05, 3.63) is 11.6 Å². The van der Waals surface area contributed by atoms with E-state index in [9.17, 15) is 4.79 Å². The van der Waals surface area contributed by atoms with Gasteiger partial charge in [0.2, 0.25) is 5.91 Å². The number of amides is 1. The van der Waals surface area contributed by atoms with Crippen LogP contribution in [0.1, 0.15) is 0 Å². The SMILES string of the molecule is Cl.Cl.O=C(CN1CCNCC1)Nc1nccs1. The van der Waals surface area contributed by atoms with E-state index in [4.69, 9.17) is 0 Å². The summed E-state index contributed by atoms with van der Waals surface area (Å²) < 4.78 is 0. The molecule has 5 nitrogen and oxygen atoms in total. The largest absolute Gasteiger partial charge is 0.314 e.